The third kappa shape index (κ3) is 10.4. The Bertz CT molecular complexity index is 1830. The van der Waals surface area contributed by atoms with Crippen LogP contribution in [-0.4, -0.2) is 72.9 Å². The van der Waals surface area contributed by atoms with Gasteiger partial charge in [0.05, 0.1) is 25.3 Å². The first-order chi connectivity index (χ1) is 23.4. The number of nitrogens with zero attached hydrogens (tertiary/aromatic N) is 2. The first kappa shape index (κ1) is 38.6. The number of benzene rings is 3. The number of anilines is 1. The van der Waals surface area contributed by atoms with Crippen molar-refractivity contribution in [3.8, 4) is 11.1 Å². The van der Waals surface area contributed by atoms with E-state index in [2.05, 4.69) is 5.32 Å². The average molecular weight is 752 g/mol. The maximum atomic E-state index is 15.3. The Balaban J connectivity index is 1.43. The van der Waals surface area contributed by atoms with E-state index >= 15 is 4.39 Å². The van der Waals surface area contributed by atoms with Crippen molar-refractivity contribution in [2.75, 3.05) is 24.5 Å². The molecule has 1 aliphatic heterocycles. The Morgan fingerprint density at radius 3 is 2.24 bits per heavy atom. The van der Waals surface area contributed by atoms with E-state index in [1.54, 1.807) is 30.3 Å². The van der Waals surface area contributed by atoms with Gasteiger partial charge in [-0.05, 0) is 65.2 Å². The number of carbonyl (C=O) groups excluding carboxylic acids is 3. The van der Waals surface area contributed by atoms with Gasteiger partial charge in [0.1, 0.15) is 11.9 Å². The Morgan fingerprint density at radius 1 is 1.06 bits per heavy atom. The highest BCUT2D eigenvalue weighted by molar-refractivity contribution is 8.13. The Hall–Kier alpha value is -4.21. The van der Waals surface area contributed by atoms with Crippen molar-refractivity contribution in [2.45, 2.75) is 36.3 Å². The van der Waals surface area contributed by atoms with Crippen LogP contribution in [0.25, 0.3) is 11.1 Å². The second-order valence-electron chi connectivity index (χ2n) is 11.4. The second kappa shape index (κ2) is 16.2. The zero-order valence-electron chi connectivity index (χ0n) is 26.6. The van der Waals surface area contributed by atoms with Gasteiger partial charge < -0.3 is 46.0 Å². The molecule has 1 aliphatic rings. The van der Waals surface area contributed by atoms with Crippen LogP contribution in [-0.2, 0) is 31.6 Å². The van der Waals surface area contributed by atoms with Gasteiger partial charge >= 0.3 is 21.3 Å². The molecule has 0 saturated carbocycles. The molecule has 268 valence electrons. The van der Waals surface area contributed by atoms with Crippen LogP contribution in [0.1, 0.15) is 18.1 Å². The van der Waals surface area contributed by atoms with Crippen LogP contribution < -0.4 is 21.7 Å². The summed E-state index contributed by atoms with van der Waals surface area (Å²) in [5.74, 6) is -0.838. The first-order valence-electron chi connectivity index (χ1n) is 14.9. The predicted molar refractivity (Wildman–Crippen MR) is 184 cm³/mol. The minimum Gasteiger partial charge on any atom is -0.442 e. The largest absolute Gasteiger partial charge is 0.442 e. The maximum Gasteiger partial charge on any atom is 0.414 e. The number of halogens is 1. The van der Waals surface area contributed by atoms with Gasteiger partial charge in [0, 0.05) is 35.8 Å². The van der Waals surface area contributed by atoms with E-state index in [-0.39, 0.29) is 48.9 Å². The van der Waals surface area contributed by atoms with Crippen LogP contribution in [0.2, 0.25) is 0 Å². The monoisotopic (exact) mass is 751 g/mol. The smallest absolute Gasteiger partial charge is 0.414 e. The van der Waals surface area contributed by atoms with Gasteiger partial charge in [-0.3, -0.25) is 23.6 Å². The molecule has 0 radical (unpaired) electrons. The SMILES string of the molecule is CC(=O)NC[C@H]1CN(c2ccc(-c3ccc(CN(C/C(N)=C/N)C(=O)Sc4ccc(CC(P(=O)(O)O)P(=O)(O)O)cc4)cc3)c(F)c2)C(=O)O1. The molecular weight excluding hydrogens is 715 g/mol. The molecule has 1 heterocycles. The van der Waals surface area contributed by atoms with Gasteiger partial charge in [-0.1, -0.05) is 36.4 Å². The zero-order valence-corrected chi connectivity index (χ0v) is 29.2. The molecular formula is C31H36FN5O10P2S. The average Bonchev–Trinajstić information content (AvgIpc) is 3.42. The molecule has 1 atom stereocenters. The highest BCUT2D eigenvalue weighted by atomic mass is 32.2. The fourth-order valence-electron chi connectivity index (χ4n) is 4.97. The topological polar surface area (TPSA) is 246 Å². The number of ether oxygens (including phenoxy) is 1. The molecule has 50 heavy (non-hydrogen) atoms. The minimum atomic E-state index is -5.10. The Morgan fingerprint density at radius 2 is 1.68 bits per heavy atom. The summed E-state index contributed by atoms with van der Waals surface area (Å²) in [6.07, 6.45) is -0.623. The van der Waals surface area contributed by atoms with E-state index < -0.39 is 50.3 Å². The van der Waals surface area contributed by atoms with E-state index in [1.165, 1.54) is 59.3 Å². The lowest BCUT2D eigenvalue weighted by molar-refractivity contribution is -0.119. The fourth-order valence-corrected chi connectivity index (χ4v) is 8.17. The summed E-state index contributed by atoms with van der Waals surface area (Å²) in [5.41, 5.74) is 13.8. The van der Waals surface area contributed by atoms with Crippen molar-refractivity contribution in [1.82, 2.24) is 10.2 Å². The van der Waals surface area contributed by atoms with Crippen LogP contribution in [0.3, 0.4) is 0 Å². The first-order valence-corrected chi connectivity index (χ1v) is 19.1. The highest BCUT2D eigenvalue weighted by Crippen LogP contribution is 2.60. The number of rotatable bonds is 13. The van der Waals surface area contributed by atoms with E-state index in [0.29, 0.717) is 21.7 Å². The van der Waals surface area contributed by atoms with Gasteiger partial charge in [-0.15, -0.1) is 0 Å². The number of carbonyl (C=O) groups is 3. The molecule has 0 spiro atoms. The lowest BCUT2D eigenvalue weighted by Gasteiger charge is -2.23. The van der Waals surface area contributed by atoms with E-state index in [4.69, 9.17) is 16.2 Å². The summed E-state index contributed by atoms with van der Waals surface area (Å²) in [7, 11) is -10.2. The second-order valence-corrected chi connectivity index (χ2v) is 16.4. The molecule has 1 saturated heterocycles. The van der Waals surface area contributed by atoms with Crippen molar-refractivity contribution in [3.63, 3.8) is 0 Å². The molecule has 9 N–H and O–H groups in total. The van der Waals surface area contributed by atoms with Crippen LogP contribution in [0.5, 0.6) is 0 Å². The quantitative estimate of drug-likeness (QED) is 0.0975. The summed E-state index contributed by atoms with van der Waals surface area (Å²) >= 11 is 0.831. The number of hydrogen-bond donors (Lipinski definition) is 7. The minimum absolute atomic E-state index is 0.0187. The lowest BCUT2D eigenvalue weighted by Crippen LogP contribution is -2.33. The molecule has 0 bridgehead atoms. The van der Waals surface area contributed by atoms with Crippen LogP contribution in [0.15, 0.2) is 83.5 Å². The fraction of sp³-hybridized carbons (Fsp3) is 0.258. The van der Waals surface area contributed by atoms with Gasteiger partial charge in [-0.25, -0.2) is 9.18 Å². The molecule has 0 aliphatic carbocycles. The predicted octanol–water partition coefficient (Wildman–Crippen LogP) is 3.65. The van der Waals surface area contributed by atoms with Crippen LogP contribution in [0.4, 0.5) is 19.7 Å². The normalized spacial score (nSPS) is 15.3. The summed E-state index contributed by atoms with van der Waals surface area (Å²) < 4.78 is 43.8. The molecule has 1 fully saturated rings. The highest BCUT2D eigenvalue weighted by Gasteiger charge is 2.43. The third-order valence-electron chi connectivity index (χ3n) is 7.52. The summed E-state index contributed by atoms with van der Waals surface area (Å²) in [4.78, 5) is 77.6. The Labute approximate surface area is 290 Å². The number of nitrogens with two attached hydrogens (primary N) is 2. The summed E-state index contributed by atoms with van der Waals surface area (Å²) in [6, 6.07) is 17.0. The van der Waals surface area contributed by atoms with Crippen LogP contribution >= 0.6 is 27.0 Å². The Kier molecular flexibility index (Phi) is 12.5. The number of thioether (sulfide) groups is 1. The van der Waals surface area contributed by atoms with Crippen molar-refractivity contribution in [2.24, 2.45) is 11.5 Å². The van der Waals surface area contributed by atoms with Crippen molar-refractivity contribution in [1.29, 1.82) is 0 Å². The van der Waals surface area contributed by atoms with Crippen LogP contribution in [0, 0.1) is 5.82 Å². The van der Waals surface area contributed by atoms with Gasteiger partial charge in [0.15, 0.2) is 5.40 Å². The zero-order chi connectivity index (χ0) is 36.8. The van der Waals surface area contributed by atoms with E-state index in [0.717, 1.165) is 11.8 Å². The number of cyclic esters (lactones) is 1. The van der Waals surface area contributed by atoms with Crippen molar-refractivity contribution >= 4 is 49.9 Å². The molecule has 0 unspecified atom stereocenters. The lowest BCUT2D eigenvalue weighted by atomic mass is 10.0. The maximum absolute atomic E-state index is 15.3. The number of nitrogens with one attached hydrogen (secondary N) is 1. The van der Waals surface area contributed by atoms with Crippen molar-refractivity contribution in [3.05, 3.63) is 95.6 Å². The van der Waals surface area contributed by atoms with E-state index in [9.17, 15) is 43.1 Å². The number of hydrogen-bond acceptors (Lipinski definition) is 9. The summed E-state index contributed by atoms with van der Waals surface area (Å²) in [5, 5.41) is -0.0222. The van der Waals surface area contributed by atoms with Gasteiger partial charge in [-0.2, -0.15) is 0 Å². The third-order valence-corrected chi connectivity index (χ3v) is 12.2. The van der Waals surface area contributed by atoms with Crippen molar-refractivity contribution < 1.29 is 52.2 Å². The molecule has 15 nitrogen and oxygen atoms in total. The summed E-state index contributed by atoms with van der Waals surface area (Å²) in [6.45, 7) is 1.72. The molecule has 0 aromatic heterocycles. The number of amides is 3. The van der Waals surface area contributed by atoms with E-state index in [1.807, 2.05) is 0 Å². The molecule has 4 rings (SSSR count). The van der Waals surface area contributed by atoms with Gasteiger partial charge in [0.2, 0.25) is 5.91 Å². The standard InChI is InChI=1S/C31H36FN5O10P2S/c1-19(38)35-15-25-18-37(30(39)47-25)24-8-11-27(28(32)13-24)22-6-2-21(3-7-22)16-36(17-23(34)14-33)31(40)50-26-9-4-20(5-10-26)12-29(48(41,42)43)49(44,45)46/h2-11,13-14,25,29H,12,15-18,33-34H2,1H3,(H,35,38)(H2,41,42,43)(H2,44,45,46)/b23-14-/t25-/m0/s1. The molecule has 3 amide bonds. The molecule has 3 aromatic rings. The molecule has 19 heteroatoms. The molecule has 3 aromatic carbocycles. The van der Waals surface area contributed by atoms with Gasteiger partial charge in [0.25, 0.3) is 5.24 Å².